The van der Waals surface area contributed by atoms with Crippen molar-refractivity contribution < 1.29 is 18.0 Å². The molecule has 1 N–H and O–H groups in total. The van der Waals surface area contributed by atoms with Crippen LogP contribution in [0.3, 0.4) is 0 Å². The SMILES string of the molecule is CC1(C)C(=O)N(c2ccc(C#N)c(C(F)(F)F)c2)C(=S)N1CCc1c[nH]cn1. The van der Waals surface area contributed by atoms with Crippen LogP contribution in [0.5, 0.6) is 0 Å². The van der Waals surface area contributed by atoms with Crippen LogP contribution in [-0.4, -0.2) is 38.0 Å². The molecule has 0 unspecified atom stereocenters. The van der Waals surface area contributed by atoms with Crippen molar-refractivity contribution >= 4 is 28.9 Å². The number of hydrogen-bond donors (Lipinski definition) is 1. The number of H-pyrrole nitrogens is 1. The Balaban J connectivity index is 1.95. The largest absolute Gasteiger partial charge is 0.417 e. The van der Waals surface area contributed by atoms with Gasteiger partial charge in [0.05, 0.1) is 34.9 Å². The highest BCUT2D eigenvalue weighted by Gasteiger charge is 2.49. The normalized spacial score (nSPS) is 16.6. The maximum atomic E-state index is 13.3. The van der Waals surface area contributed by atoms with Gasteiger partial charge in [0, 0.05) is 19.2 Å². The van der Waals surface area contributed by atoms with Gasteiger partial charge in [0.25, 0.3) is 5.91 Å². The summed E-state index contributed by atoms with van der Waals surface area (Å²) in [5.74, 6) is -0.433. The molecule has 6 nitrogen and oxygen atoms in total. The summed E-state index contributed by atoms with van der Waals surface area (Å²) < 4.78 is 39.9. The predicted octanol–water partition coefficient (Wildman–Crippen LogP) is 3.25. The van der Waals surface area contributed by atoms with Crippen molar-refractivity contribution in [2.75, 3.05) is 11.4 Å². The van der Waals surface area contributed by atoms with Gasteiger partial charge < -0.3 is 9.88 Å². The molecule has 146 valence electrons. The van der Waals surface area contributed by atoms with Crippen molar-refractivity contribution in [3.8, 4) is 6.07 Å². The number of nitrogens with one attached hydrogen (secondary N) is 1. The Morgan fingerprint density at radius 3 is 2.64 bits per heavy atom. The van der Waals surface area contributed by atoms with Crippen molar-refractivity contribution in [1.82, 2.24) is 14.9 Å². The minimum Gasteiger partial charge on any atom is -0.351 e. The van der Waals surface area contributed by atoms with Crippen LogP contribution in [0.25, 0.3) is 0 Å². The highest BCUT2D eigenvalue weighted by molar-refractivity contribution is 7.80. The number of amides is 1. The van der Waals surface area contributed by atoms with Crippen molar-refractivity contribution in [3.05, 3.63) is 47.5 Å². The maximum absolute atomic E-state index is 13.3. The smallest absolute Gasteiger partial charge is 0.351 e. The summed E-state index contributed by atoms with van der Waals surface area (Å²) in [6.07, 6.45) is -0.951. The van der Waals surface area contributed by atoms with E-state index in [4.69, 9.17) is 17.5 Å². The van der Waals surface area contributed by atoms with E-state index < -0.39 is 28.7 Å². The Hall–Kier alpha value is -2.93. The Bertz CT molecular complexity index is 963. The lowest BCUT2D eigenvalue weighted by molar-refractivity contribution is -0.137. The molecule has 0 radical (unpaired) electrons. The lowest BCUT2D eigenvalue weighted by Crippen LogP contribution is -2.45. The van der Waals surface area contributed by atoms with E-state index in [0.29, 0.717) is 13.0 Å². The van der Waals surface area contributed by atoms with Crippen molar-refractivity contribution in [1.29, 1.82) is 5.26 Å². The number of anilines is 1. The molecule has 1 aromatic heterocycles. The molecule has 1 saturated heterocycles. The molecule has 2 aromatic rings. The number of nitriles is 1. The van der Waals surface area contributed by atoms with Gasteiger partial charge in [0.15, 0.2) is 5.11 Å². The highest BCUT2D eigenvalue weighted by Crippen LogP contribution is 2.37. The predicted molar refractivity (Wildman–Crippen MR) is 99.3 cm³/mol. The third-order valence-corrected chi connectivity index (χ3v) is 5.06. The first kappa shape index (κ1) is 19.8. The zero-order chi connectivity index (χ0) is 20.7. The fraction of sp³-hybridized carbons (Fsp3) is 0.333. The summed E-state index contributed by atoms with van der Waals surface area (Å²) >= 11 is 5.42. The molecular formula is C18H16F3N5OS. The Labute approximate surface area is 164 Å². The second kappa shape index (κ2) is 6.91. The van der Waals surface area contributed by atoms with Crippen LogP contribution in [0.1, 0.15) is 30.7 Å². The lowest BCUT2D eigenvalue weighted by Gasteiger charge is -2.29. The fourth-order valence-electron chi connectivity index (χ4n) is 3.10. The summed E-state index contributed by atoms with van der Waals surface area (Å²) in [5, 5.41) is 9.07. The van der Waals surface area contributed by atoms with Gasteiger partial charge >= 0.3 is 6.18 Å². The van der Waals surface area contributed by atoms with Crippen molar-refractivity contribution in [3.63, 3.8) is 0 Å². The molecular weight excluding hydrogens is 391 g/mol. The first-order chi connectivity index (χ1) is 13.1. The van der Waals surface area contributed by atoms with Crippen LogP contribution in [-0.2, 0) is 17.4 Å². The van der Waals surface area contributed by atoms with E-state index in [9.17, 15) is 18.0 Å². The van der Waals surface area contributed by atoms with Crippen LogP contribution in [0.4, 0.5) is 18.9 Å². The second-order valence-corrected chi connectivity index (χ2v) is 7.15. The van der Waals surface area contributed by atoms with Gasteiger partial charge in [-0.2, -0.15) is 18.4 Å². The van der Waals surface area contributed by atoms with Crippen LogP contribution >= 0.6 is 12.2 Å². The number of carbonyl (C=O) groups is 1. The van der Waals surface area contributed by atoms with Crippen LogP contribution in [0, 0.1) is 11.3 Å². The van der Waals surface area contributed by atoms with E-state index in [1.165, 1.54) is 18.5 Å². The summed E-state index contributed by atoms with van der Waals surface area (Å²) in [6.45, 7) is 3.71. The summed E-state index contributed by atoms with van der Waals surface area (Å²) in [5.41, 5.74) is -1.88. The zero-order valence-corrected chi connectivity index (χ0v) is 15.9. The monoisotopic (exact) mass is 407 g/mol. The molecule has 1 aliphatic rings. The molecule has 10 heteroatoms. The molecule has 28 heavy (non-hydrogen) atoms. The van der Waals surface area contributed by atoms with Gasteiger partial charge in [-0.1, -0.05) is 0 Å². The van der Waals surface area contributed by atoms with Gasteiger partial charge in [0.1, 0.15) is 5.54 Å². The number of nitrogens with zero attached hydrogens (tertiary/aromatic N) is 4. The number of carbonyl (C=O) groups excluding carboxylic acids is 1. The molecule has 0 saturated carbocycles. The van der Waals surface area contributed by atoms with Crippen molar-refractivity contribution in [2.45, 2.75) is 32.0 Å². The van der Waals surface area contributed by atoms with Gasteiger partial charge in [-0.05, 0) is 44.3 Å². The topological polar surface area (TPSA) is 76.0 Å². The Kier molecular flexibility index (Phi) is 4.89. The molecule has 1 fully saturated rings. The fourth-order valence-corrected chi connectivity index (χ4v) is 3.60. The van der Waals surface area contributed by atoms with E-state index in [1.807, 2.05) is 0 Å². The summed E-state index contributed by atoms with van der Waals surface area (Å²) in [4.78, 5) is 22.7. The second-order valence-electron chi connectivity index (χ2n) is 6.78. The average molecular weight is 407 g/mol. The number of benzene rings is 1. The maximum Gasteiger partial charge on any atom is 0.417 e. The molecule has 0 aliphatic carbocycles. The number of thiocarbonyl (C=S) groups is 1. The third kappa shape index (κ3) is 3.33. The number of hydrogen-bond acceptors (Lipinski definition) is 4. The molecule has 1 aromatic carbocycles. The summed E-state index contributed by atoms with van der Waals surface area (Å²) in [7, 11) is 0. The third-order valence-electron chi connectivity index (χ3n) is 4.66. The molecule has 0 atom stereocenters. The van der Waals surface area contributed by atoms with E-state index in [2.05, 4.69) is 9.97 Å². The van der Waals surface area contributed by atoms with E-state index in [1.54, 1.807) is 24.9 Å². The van der Waals surface area contributed by atoms with E-state index >= 15 is 0 Å². The number of aromatic amines is 1. The Morgan fingerprint density at radius 1 is 1.36 bits per heavy atom. The number of rotatable bonds is 4. The van der Waals surface area contributed by atoms with Gasteiger partial charge in [-0.3, -0.25) is 9.69 Å². The molecule has 1 aliphatic heterocycles. The molecule has 3 rings (SSSR count). The van der Waals surface area contributed by atoms with E-state index in [0.717, 1.165) is 22.7 Å². The van der Waals surface area contributed by atoms with Gasteiger partial charge in [-0.25, -0.2) is 4.98 Å². The number of halogens is 3. The lowest BCUT2D eigenvalue weighted by atomic mass is 10.0. The molecule has 1 amide bonds. The number of aromatic nitrogens is 2. The standard InChI is InChI=1S/C18H16F3N5OS/c1-17(2)15(27)26(16(28)25(17)6-5-12-9-23-10-24-12)13-4-3-11(8-22)14(7-13)18(19,20)21/h3-4,7,9-10H,5-6H2,1-2H3,(H,23,24). The van der Waals surface area contributed by atoms with Gasteiger partial charge in [-0.15, -0.1) is 0 Å². The Morgan fingerprint density at radius 2 is 2.07 bits per heavy atom. The van der Waals surface area contributed by atoms with E-state index in [-0.39, 0.29) is 10.8 Å². The molecule has 0 bridgehead atoms. The molecule has 2 heterocycles. The highest BCUT2D eigenvalue weighted by atomic mass is 32.1. The first-order valence-electron chi connectivity index (χ1n) is 8.32. The minimum absolute atomic E-state index is 0.0170. The van der Waals surface area contributed by atoms with Crippen LogP contribution in [0.15, 0.2) is 30.7 Å². The van der Waals surface area contributed by atoms with Crippen LogP contribution in [0.2, 0.25) is 0 Å². The summed E-state index contributed by atoms with van der Waals surface area (Å²) in [6, 6.07) is 4.66. The first-order valence-corrected chi connectivity index (χ1v) is 8.73. The zero-order valence-electron chi connectivity index (χ0n) is 15.0. The number of imidazole rings is 1. The van der Waals surface area contributed by atoms with Gasteiger partial charge in [0.2, 0.25) is 0 Å². The van der Waals surface area contributed by atoms with Crippen LogP contribution < -0.4 is 4.90 Å². The average Bonchev–Trinajstić information content (AvgIpc) is 3.19. The van der Waals surface area contributed by atoms with Crippen molar-refractivity contribution in [2.24, 2.45) is 0 Å². The molecule has 0 spiro atoms. The number of alkyl halides is 3. The minimum atomic E-state index is -4.72. The quantitative estimate of drug-likeness (QED) is 0.788.